The first-order valence-corrected chi connectivity index (χ1v) is 12.7. The third-order valence-electron chi connectivity index (χ3n) is 5.18. The van der Waals surface area contributed by atoms with Gasteiger partial charge >= 0.3 is 0 Å². The third kappa shape index (κ3) is 7.84. The van der Waals surface area contributed by atoms with Crippen molar-refractivity contribution in [2.45, 2.75) is 57.1 Å². The van der Waals surface area contributed by atoms with Crippen LogP contribution in [0.25, 0.3) is 0 Å². The number of hydrogen-bond donors (Lipinski definition) is 1. The Kier molecular flexibility index (Phi) is 9.88. The summed E-state index contributed by atoms with van der Waals surface area (Å²) in [7, 11) is -2.12. The van der Waals surface area contributed by atoms with Gasteiger partial charge < -0.3 is 10.2 Å². The molecular weight excluding hydrogens is 462 g/mol. The van der Waals surface area contributed by atoms with Crippen molar-refractivity contribution < 1.29 is 18.0 Å². The SMILES string of the molecule is CC(C)NC(=O)[C@@H](C)N(Cc1ccc(Cl)cc1)C(=O)CCCN(C)S(=O)(=O)c1ccccc1. The lowest BCUT2D eigenvalue weighted by molar-refractivity contribution is -0.140. The van der Waals surface area contributed by atoms with Gasteiger partial charge in [-0.15, -0.1) is 0 Å². The molecule has 0 heterocycles. The Hall–Kier alpha value is -2.42. The number of benzene rings is 2. The van der Waals surface area contributed by atoms with Crippen molar-refractivity contribution in [3.05, 3.63) is 65.2 Å². The highest BCUT2D eigenvalue weighted by Gasteiger charge is 2.27. The smallest absolute Gasteiger partial charge is 0.242 e. The number of halogens is 1. The van der Waals surface area contributed by atoms with E-state index >= 15 is 0 Å². The van der Waals surface area contributed by atoms with Crippen molar-refractivity contribution in [1.82, 2.24) is 14.5 Å². The van der Waals surface area contributed by atoms with Crippen LogP contribution in [0.15, 0.2) is 59.5 Å². The maximum absolute atomic E-state index is 13.1. The zero-order valence-electron chi connectivity index (χ0n) is 19.5. The highest BCUT2D eigenvalue weighted by molar-refractivity contribution is 7.89. The molecule has 2 amide bonds. The van der Waals surface area contributed by atoms with Gasteiger partial charge in [0.15, 0.2) is 0 Å². The predicted octanol–water partition coefficient (Wildman–Crippen LogP) is 3.68. The number of rotatable bonds is 11. The number of nitrogens with zero attached hydrogens (tertiary/aromatic N) is 2. The van der Waals surface area contributed by atoms with Gasteiger partial charge in [-0.2, -0.15) is 0 Å². The molecule has 0 bridgehead atoms. The first-order chi connectivity index (χ1) is 15.5. The van der Waals surface area contributed by atoms with E-state index in [4.69, 9.17) is 11.6 Å². The van der Waals surface area contributed by atoms with Gasteiger partial charge in [0.05, 0.1) is 4.90 Å². The highest BCUT2D eigenvalue weighted by Crippen LogP contribution is 2.17. The molecule has 2 aromatic carbocycles. The maximum atomic E-state index is 13.1. The summed E-state index contributed by atoms with van der Waals surface area (Å²) in [6.45, 7) is 5.85. The van der Waals surface area contributed by atoms with Crippen LogP contribution in [0.2, 0.25) is 5.02 Å². The number of nitrogens with one attached hydrogen (secondary N) is 1. The van der Waals surface area contributed by atoms with Crippen LogP contribution in [0.1, 0.15) is 39.2 Å². The molecule has 0 unspecified atom stereocenters. The van der Waals surface area contributed by atoms with E-state index in [2.05, 4.69) is 5.32 Å². The van der Waals surface area contributed by atoms with E-state index in [0.29, 0.717) is 11.4 Å². The second-order valence-corrected chi connectivity index (χ2v) is 10.7. The fraction of sp³-hybridized carbons (Fsp3) is 0.417. The Labute approximate surface area is 201 Å². The van der Waals surface area contributed by atoms with Gasteiger partial charge in [0, 0.05) is 37.6 Å². The van der Waals surface area contributed by atoms with Crippen LogP contribution in [0.3, 0.4) is 0 Å². The van der Waals surface area contributed by atoms with E-state index in [0.717, 1.165) is 5.56 Å². The molecule has 0 aliphatic carbocycles. The van der Waals surface area contributed by atoms with Crippen LogP contribution in [0.4, 0.5) is 0 Å². The van der Waals surface area contributed by atoms with Crippen molar-refractivity contribution in [2.75, 3.05) is 13.6 Å². The molecule has 33 heavy (non-hydrogen) atoms. The molecule has 0 radical (unpaired) electrons. The van der Waals surface area contributed by atoms with Crippen LogP contribution in [-0.4, -0.2) is 55.1 Å². The molecule has 0 aromatic heterocycles. The number of carbonyl (C=O) groups excluding carboxylic acids is 2. The molecule has 0 saturated carbocycles. The van der Waals surface area contributed by atoms with Gasteiger partial charge in [-0.1, -0.05) is 41.9 Å². The first kappa shape index (κ1) is 26.8. The zero-order chi connectivity index (χ0) is 24.6. The Morgan fingerprint density at radius 2 is 1.61 bits per heavy atom. The van der Waals surface area contributed by atoms with Crippen molar-refractivity contribution >= 4 is 33.4 Å². The topological polar surface area (TPSA) is 86.8 Å². The second kappa shape index (κ2) is 12.2. The van der Waals surface area contributed by atoms with Crippen LogP contribution in [0.5, 0.6) is 0 Å². The summed E-state index contributed by atoms with van der Waals surface area (Å²) in [5, 5.41) is 3.43. The Morgan fingerprint density at radius 1 is 1.00 bits per heavy atom. The Morgan fingerprint density at radius 3 is 2.18 bits per heavy atom. The summed E-state index contributed by atoms with van der Waals surface area (Å²) in [4.78, 5) is 27.4. The summed E-state index contributed by atoms with van der Waals surface area (Å²) < 4.78 is 26.6. The average molecular weight is 494 g/mol. The molecule has 7 nitrogen and oxygen atoms in total. The van der Waals surface area contributed by atoms with Gasteiger partial charge in [-0.25, -0.2) is 12.7 Å². The molecule has 2 aromatic rings. The molecule has 0 aliphatic rings. The molecule has 2 rings (SSSR count). The van der Waals surface area contributed by atoms with Crippen molar-refractivity contribution in [1.29, 1.82) is 0 Å². The number of carbonyl (C=O) groups is 2. The molecule has 0 spiro atoms. The number of amides is 2. The van der Waals surface area contributed by atoms with Crippen LogP contribution < -0.4 is 5.32 Å². The quantitative estimate of drug-likeness (QED) is 0.517. The largest absolute Gasteiger partial charge is 0.352 e. The fourth-order valence-corrected chi connectivity index (χ4v) is 4.62. The van der Waals surface area contributed by atoms with E-state index in [1.165, 1.54) is 16.3 Å². The number of hydrogen-bond acceptors (Lipinski definition) is 4. The zero-order valence-corrected chi connectivity index (χ0v) is 21.1. The van der Waals surface area contributed by atoms with Gasteiger partial charge in [-0.05, 0) is 57.0 Å². The van der Waals surface area contributed by atoms with Crippen molar-refractivity contribution in [3.8, 4) is 0 Å². The van der Waals surface area contributed by atoms with E-state index in [-0.39, 0.29) is 42.3 Å². The molecule has 0 fully saturated rings. The average Bonchev–Trinajstić information content (AvgIpc) is 2.78. The lowest BCUT2D eigenvalue weighted by Gasteiger charge is -2.29. The monoisotopic (exact) mass is 493 g/mol. The predicted molar refractivity (Wildman–Crippen MR) is 130 cm³/mol. The van der Waals surface area contributed by atoms with E-state index in [1.54, 1.807) is 49.4 Å². The fourth-order valence-electron chi connectivity index (χ4n) is 3.26. The first-order valence-electron chi connectivity index (χ1n) is 10.9. The normalized spacial score (nSPS) is 12.6. The highest BCUT2D eigenvalue weighted by atomic mass is 35.5. The van der Waals surface area contributed by atoms with E-state index in [1.807, 2.05) is 26.0 Å². The van der Waals surface area contributed by atoms with Crippen LogP contribution >= 0.6 is 11.6 Å². The summed E-state index contributed by atoms with van der Waals surface area (Å²) >= 11 is 5.96. The maximum Gasteiger partial charge on any atom is 0.242 e. The van der Waals surface area contributed by atoms with Crippen LogP contribution in [0, 0.1) is 0 Å². The van der Waals surface area contributed by atoms with E-state index in [9.17, 15) is 18.0 Å². The summed E-state index contributed by atoms with van der Waals surface area (Å²) in [6, 6.07) is 14.6. The van der Waals surface area contributed by atoms with Crippen molar-refractivity contribution in [2.24, 2.45) is 0 Å². The third-order valence-corrected chi connectivity index (χ3v) is 7.30. The molecule has 180 valence electrons. The molecule has 9 heteroatoms. The minimum atomic E-state index is -3.62. The van der Waals surface area contributed by atoms with Gasteiger partial charge in [0.2, 0.25) is 21.8 Å². The molecular formula is C24H32ClN3O4S. The van der Waals surface area contributed by atoms with Crippen LogP contribution in [-0.2, 0) is 26.2 Å². The van der Waals surface area contributed by atoms with Crippen molar-refractivity contribution in [3.63, 3.8) is 0 Å². The molecule has 1 N–H and O–H groups in total. The minimum absolute atomic E-state index is 0.0516. The molecule has 0 saturated heterocycles. The standard InChI is InChI=1S/C24H32ClN3O4S/c1-18(2)26-24(30)19(3)28(17-20-12-14-21(25)15-13-20)23(29)11-8-16-27(4)33(31,32)22-9-6-5-7-10-22/h5-7,9-10,12-15,18-19H,8,11,16-17H2,1-4H3,(H,26,30)/t19-/m1/s1. The Balaban J connectivity index is 2.07. The van der Waals surface area contributed by atoms with E-state index < -0.39 is 16.1 Å². The minimum Gasteiger partial charge on any atom is -0.352 e. The Bertz CT molecular complexity index is 1030. The van der Waals surface area contributed by atoms with Gasteiger partial charge in [0.1, 0.15) is 6.04 Å². The molecule has 1 atom stereocenters. The number of sulfonamides is 1. The summed E-state index contributed by atoms with van der Waals surface area (Å²) in [6.07, 6.45) is 0.443. The summed E-state index contributed by atoms with van der Waals surface area (Å²) in [5.74, 6) is -0.460. The molecule has 0 aliphatic heterocycles. The lowest BCUT2D eigenvalue weighted by atomic mass is 10.1. The van der Waals surface area contributed by atoms with Gasteiger partial charge in [0.25, 0.3) is 0 Å². The lowest BCUT2D eigenvalue weighted by Crippen LogP contribution is -2.49. The second-order valence-electron chi connectivity index (χ2n) is 8.23. The summed E-state index contributed by atoms with van der Waals surface area (Å²) in [5.41, 5.74) is 0.848. The van der Waals surface area contributed by atoms with Gasteiger partial charge in [-0.3, -0.25) is 9.59 Å².